The summed E-state index contributed by atoms with van der Waals surface area (Å²) in [6.07, 6.45) is 1.67. The zero-order chi connectivity index (χ0) is 13.0. The molecular weight excluding hydrogens is 230 g/mol. The van der Waals surface area contributed by atoms with E-state index in [1.807, 2.05) is 13.0 Å². The molecule has 2 aromatic rings. The number of benzene rings is 1. The first-order valence-corrected chi connectivity index (χ1v) is 5.55. The fourth-order valence-corrected chi connectivity index (χ4v) is 1.61. The first-order valence-electron chi connectivity index (χ1n) is 5.55. The van der Waals surface area contributed by atoms with Crippen molar-refractivity contribution in [3.8, 4) is 11.5 Å². The van der Waals surface area contributed by atoms with Crippen LogP contribution >= 0.6 is 0 Å². The maximum Gasteiger partial charge on any atom is 0.307 e. The Labute approximate surface area is 105 Å². The normalized spacial score (nSPS) is 10.1. The highest BCUT2D eigenvalue weighted by Crippen LogP contribution is 2.22. The molecule has 0 saturated carbocycles. The van der Waals surface area contributed by atoms with E-state index in [-0.39, 0.29) is 6.42 Å². The van der Waals surface area contributed by atoms with Gasteiger partial charge >= 0.3 is 5.97 Å². The lowest BCUT2D eigenvalue weighted by Crippen LogP contribution is -1.99. The molecule has 0 unspecified atom stereocenters. The monoisotopic (exact) mass is 243 g/mol. The first-order chi connectivity index (χ1) is 8.63. The molecule has 0 amide bonds. The molecule has 92 valence electrons. The number of nitrogens with zero attached hydrogens (tertiary/aromatic N) is 1. The molecule has 1 aromatic carbocycles. The Morgan fingerprint density at radius 3 is 2.78 bits per heavy atom. The quantitative estimate of drug-likeness (QED) is 0.897. The number of hydrogen-bond donors (Lipinski definition) is 1. The largest absolute Gasteiger partial charge is 0.481 e. The average molecular weight is 243 g/mol. The van der Waals surface area contributed by atoms with Crippen molar-refractivity contribution >= 4 is 5.97 Å². The Balaban J connectivity index is 2.16. The molecule has 0 fully saturated rings. The average Bonchev–Trinajstić information content (AvgIpc) is 2.28. The van der Waals surface area contributed by atoms with Crippen LogP contribution in [0.3, 0.4) is 0 Å². The summed E-state index contributed by atoms with van der Waals surface area (Å²) in [6.45, 7) is 1.88. The fraction of sp³-hybridized carbons (Fsp3) is 0.143. The van der Waals surface area contributed by atoms with Crippen molar-refractivity contribution in [3.05, 3.63) is 53.9 Å². The van der Waals surface area contributed by atoms with Gasteiger partial charge in [0.25, 0.3) is 0 Å². The second-order valence-corrected chi connectivity index (χ2v) is 3.95. The Hall–Kier alpha value is -2.36. The van der Waals surface area contributed by atoms with Gasteiger partial charge in [0.2, 0.25) is 0 Å². The topological polar surface area (TPSA) is 59.4 Å². The number of aryl methyl sites for hydroxylation is 1. The molecule has 0 aliphatic rings. The molecule has 1 heterocycles. The number of rotatable bonds is 4. The van der Waals surface area contributed by atoms with Crippen molar-refractivity contribution < 1.29 is 14.6 Å². The van der Waals surface area contributed by atoms with Gasteiger partial charge in [-0.3, -0.25) is 9.78 Å². The zero-order valence-corrected chi connectivity index (χ0v) is 9.96. The van der Waals surface area contributed by atoms with Crippen molar-refractivity contribution in [1.82, 2.24) is 4.98 Å². The van der Waals surface area contributed by atoms with Gasteiger partial charge in [-0.05, 0) is 30.7 Å². The molecule has 0 atom stereocenters. The lowest BCUT2D eigenvalue weighted by Gasteiger charge is -2.07. The van der Waals surface area contributed by atoms with Crippen LogP contribution in [0.2, 0.25) is 0 Å². The van der Waals surface area contributed by atoms with Crippen LogP contribution < -0.4 is 4.74 Å². The number of carbonyl (C=O) groups is 1. The third-order valence-corrected chi connectivity index (χ3v) is 2.36. The van der Waals surface area contributed by atoms with Gasteiger partial charge in [0.15, 0.2) is 0 Å². The highest BCUT2D eigenvalue weighted by molar-refractivity contribution is 5.70. The van der Waals surface area contributed by atoms with E-state index in [1.165, 1.54) is 0 Å². The number of ether oxygens (including phenoxy) is 1. The Kier molecular flexibility index (Phi) is 3.57. The number of aromatic nitrogens is 1. The van der Waals surface area contributed by atoms with Crippen LogP contribution in [0.4, 0.5) is 0 Å². The summed E-state index contributed by atoms with van der Waals surface area (Å²) in [4.78, 5) is 14.7. The molecule has 4 nitrogen and oxygen atoms in total. The van der Waals surface area contributed by atoms with Gasteiger partial charge in [0, 0.05) is 18.0 Å². The Bertz CT molecular complexity index is 566. The molecule has 0 aliphatic heterocycles. The number of pyridine rings is 1. The summed E-state index contributed by atoms with van der Waals surface area (Å²) in [5.41, 5.74) is 1.58. The van der Waals surface area contributed by atoms with Crippen LogP contribution in [-0.2, 0) is 11.2 Å². The number of carboxylic acids is 1. The summed E-state index contributed by atoms with van der Waals surface area (Å²) in [6, 6.07) is 10.6. The van der Waals surface area contributed by atoms with E-state index in [0.717, 1.165) is 5.69 Å². The van der Waals surface area contributed by atoms with Crippen LogP contribution in [0, 0.1) is 6.92 Å². The lowest BCUT2D eigenvalue weighted by atomic mass is 10.1. The van der Waals surface area contributed by atoms with E-state index in [9.17, 15) is 4.79 Å². The molecule has 2 rings (SSSR count). The number of carboxylic acid groups (broad SMARTS) is 1. The van der Waals surface area contributed by atoms with E-state index in [4.69, 9.17) is 9.84 Å². The van der Waals surface area contributed by atoms with E-state index in [1.54, 1.807) is 36.5 Å². The van der Waals surface area contributed by atoms with Gasteiger partial charge in [-0.25, -0.2) is 0 Å². The first kappa shape index (κ1) is 12.1. The van der Waals surface area contributed by atoms with E-state index in [2.05, 4.69) is 4.98 Å². The molecule has 0 aliphatic carbocycles. The standard InChI is InChI=1S/C14H13NO3/c1-10-7-13(5-6-15-10)18-12-4-2-3-11(8-12)9-14(16)17/h2-8H,9H2,1H3,(H,16,17). The van der Waals surface area contributed by atoms with Gasteiger partial charge in [-0.1, -0.05) is 12.1 Å². The van der Waals surface area contributed by atoms with Crippen LogP contribution in [0.25, 0.3) is 0 Å². The molecule has 0 spiro atoms. The van der Waals surface area contributed by atoms with Crippen LogP contribution in [0.5, 0.6) is 11.5 Å². The van der Waals surface area contributed by atoms with E-state index >= 15 is 0 Å². The highest BCUT2D eigenvalue weighted by atomic mass is 16.5. The molecule has 0 saturated heterocycles. The van der Waals surface area contributed by atoms with Crippen molar-refractivity contribution in [3.63, 3.8) is 0 Å². The summed E-state index contributed by atoms with van der Waals surface area (Å²) < 4.78 is 5.65. The molecular formula is C14H13NO3. The summed E-state index contributed by atoms with van der Waals surface area (Å²) in [5, 5.41) is 8.73. The van der Waals surface area contributed by atoms with Gasteiger partial charge in [0.05, 0.1) is 6.42 Å². The maximum atomic E-state index is 10.6. The minimum atomic E-state index is -0.855. The molecule has 0 bridgehead atoms. The molecule has 18 heavy (non-hydrogen) atoms. The van der Waals surface area contributed by atoms with Crippen molar-refractivity contribution in [2.24, 2.45) is 0 Å². The van der Waals surface area contributed by atoms with Gasteiger partial charge in [-0.2, -0.15) is 0 Å². The lowest BCUT2D eigenvalue weighted by molar-refractivity contribution is -0.136. The third-order valence-electron chi connectivity index (χ3n) is 2.36. The smallest absolute Gasteiger partial charge is 0.307 e. The van der Waals surface area contributed by atoms with Crippen LogP contribution in [-0.4, -0.2) is 16.1 Å². The molecule has 1 N–H and O–H groups in total. The second kappa shape index (κ2) is 5.31. The number of hydrogen-bond acceptors (Lipinski definition) is 3. The van der Waals surface area contributed by atoms with Crippen LogP contribution in [0.15, 0.2) is 42.6 Å². The number of aliphatic carboxylic acids is 1. The predicted octanol–water partition coefficient (Wildman–Crippen LogP) is 2.81. The molecule has 0 radical (unpaired) electrons. The van der Waals surface area contributed by atoms with Gasteiger partial charge < -0.3 is 9.84 Å². The maximum absolute atomic E-state index is 10.6. The Morgan fingerprint density at radius 1 is 1.28 bits per heavy atom. The third kappa shape index (κ3) is 3.31. The van der Waals surface area contributed by atoms with Crippen molar-refractivity contribution in [2.45, 2.75) is 13.3 Å². The fourth-order valence-electron chi connectivity index (χ4n) is 1.61. The van der Waals surface area contributed by atoms with E-state index < -0.39 is 5.97 Å². The molecule has 4 heteroatoms. The second-order valence-electron chi connectivity index (χ2n) is 3.95. The van der Waals surface area contributed by atoms with Gasteiger partial charge in [-0.15, -0.1) is 0 Å². The summed E-state index contributed by atoms with van der Waals surface area (Å²) in [5.74, 6) is 0.459. The van der Waals surface area contributed by atoms with Crippen LogP contribution in [0.1, 0.15) is 11.3 Å². The Morgan fingerprint density at radius 2 is 2.06 bits per heavy atom. The van der Waals surface area contributed by atoms with E-state index in [0.29, 0.717) is 17.1 Å². The van der Waals surface area contributed by atoms with Gasteiger partial charge in [0.1, 0.15) is 11.5 Å². The summed E-state index contributed by atoms with van der Waals surface area (Å²) in [7, 11) is 0. The minimum absolute atomic E-state index is 0.00737. The SMILES string of the molecule is Cc1cc(Oc2cccc(CC(=O)O)c2)ccn1. The van der Waals surface area contributed by atoms with Crippen molar-refractivity contribution in [2.75, 3.05) is 0 Å². The van der Waals surface area contributed by atoms with Crippen molar-refractivity contribution in [1.29, 1.82) is 0 Å². The molecule has 1 aromatic heterocycles. The zero-order valence-electron chi connectivity index (χ0n) is 9.96. The predicted molar refractivity (Wildman–Crippen MR) is 66.8 cm³/mol. The highest BCUT2D eigenvalue weighted by Gasteiger charge is 2.03. The minimum Gasteiger partial charge on any atom is -0.481 e. The summed E-state index contributed by atoms with van der Waals surface area (Å²) >= 11 is 0.